The van der Waals surface area contributed by atoms with Crippen LogP contribution < -0.4 is 14.6 Å². The number of halogens is 1. The zero-order chi connectivity index (χ0) is 22.3. The third kappa shape index (κ3) is 4.45. The van der Waals surface area contributed by atoms with Crippen molar-refractivity contribution in [3.8, 4) is 17.2 Å². The molecule has 30 heavy (non-hydrogen) atoms. The third-order valence-corrected chi connectivity index (χ3v) is 6.24. The molecular formula is C21H22ClNO6S. The Balaban J connectivity index is 1.98. The van der Waals surface area contributed by atoms with Crippen LogP contribution >= 0.6 is 11.6 Å². The monoisotopic (exact) mass is 451 g/mol. The minimum absolute atomic E-state index is 0.0106. The van der Waals surface area contributed by atoms with E-state index >= 15 is 0 Å². The van der Waals surface area contributed by atoms with Crippen LogP contribution in [0.5, 0.6) is 17.2 Å². The molecule has 1 aliphatic heterocycles. The first kappa shape index (κ1) is 22.1. The van der Waals surface area contributed by atoms with E-state index in [0.29, 0.717) is 29.7 Å². The topological polar surface area (TPSA) is 116 Å². The van der Waals surface area contributed by atoms with Crippen LogP contribution in [0.2, 0.25) is 5.02 Å². The summed E-state index contributed by atoms with van der Waals surface area (Å²) >= 11 is 5.88. The maximum atomic E-state index is 12.8. The highest BCUT2D eigenvalue weighted by atomic mass is 35.5. The highest BCUT2D eigenvalue weighted by molar-refractivity contribution is 7.89. The Morgan fingerprint density at radius 3 is 2.67 bits per heavy atom. The van der Waals surface area contributed by atoms with Gasteiger partial charge in [-0.1, -0.05) is 23.7 Å². The Labute approximate surface area is 180 Å². The minimum Gasteiger partial charge on any atom is -0.507 e. The van der Waals surface area contributed by atoms with Crippen LogP contribution in [-0.4, -0.2) is 32.0 Å². The predicted molar refractivity (Wildman–Crippen MR) is 114 cm³/mol. The molecule has 0 aromatic heterocycles. The number of carbonyl (C=O) groups is 1. The zero-order valence-corrected chi connectivity index (χ0v) is 18.3. The van der Waals surface area contributed by atoms with E-state index in [-0.39, 0.29) is 32.6 Å². The quantitative estimate of drug-likeness (QED) is 0.529. The number of rotatable bonds is 5. The molecule has 1 heterocycles. The van der Waals surface area contributed by atoms with Gasteiger partial charge >= 0.3 is 0 Å². The van der Waals surface area contributed by atoms with E-state index in [1.807, 2.05) is 13.8 Å². The Morgan fingerprint density at radius 1 is 1.33 bits per heavy atom. The van der Waals surface area contributed by atoms with Crippen LogP contribution in [0.15, 0.2) is 35.2 Å². The van der Waals surface area contributed by atoms with Crippen LogP contribution in [0.4, 0.5) is 0 Å². The average molecular weight is 452 g/mol. The molecule has 2 aromatic rings. The van der Waals surface area contributed by atoms with Gasteiger partial charge in [-0.3, -0.25) is 4.79 Å². The van der Waals surface area contributed by atoms with E-state index in [1.165, 1.54) is 31.4 Å². The van der Waals surface area contributed by atoms with Gasteiger partial charge in [0.25, 0.3) is 0 Å². The second-order valence-corrected chi connectivity index (χ2v) is 9.51. The van der Waals surface area contributed by atoms with Crippen molar-refractivity contribution in [2.24, 2.45) is 5.14 Å². The number of benzene rings is 2. The van der Waals surface area contributed by atoms with Crippen molar-refractivity contribution in [2.45, 2.75) is 37.2 Å². The summed E-state index contributed by atoms with van der Waals surface area (Å²) < 4.78 is 34.5. The highest BCUT2D eigenvalue weighted by Gasteiger charge is 2.32. The van der Waals surface area contributed by atoms with Gasteiger partial charge in [-0.05, 0) is 50.5 Å². The molecule has 160 valence electrons. The van der Waals surface area contributed by atoms with Gasteiger partial charge in [0.1, 0.15) is 33.3 Å². The molecule has 7 nitrogen and oxygen atoms in total. The summed E-state index contributed by atoms with van der Waals surface area (Å²) in [5.74, 6) is -0.0310. The zero-order valence-electron chi connectivity index (χ0n) is 16.7. The van der Waals surface area contributed by atoms with E-state index in [1.54, 1.807) is 12.1 Å². The Bertz CT molecular complexity index is 1150. The maximum Gasteiger partial charge on any atom is 0.239 e. The Kier molecular flexibility index (Phi) is 5.86. The smallest absolute Gasteiger partial charge is 0.239 e. The minimum atomic E-state index is -4.01. The van der Waals surface area contributed by atoms with E-state index in [0.717, 1.165) is 0 Å². The lowest BCUT2D eigenvalue weighted by Gasteiger charge is -2.33. The van der Waals surface area contributed by atoms with Gasteiger partial charge in [0.15, 0.2) is 5.78 Å². The number of allylic oxidation sites excluding steroid dienone is 1. The number of carbonyl (C=O) groups excluding carboxylic acids is 1. The average Bonchev–Trinajstić information content (AvgIpc) is 2.64. The van der Waals surface area contributed by atoms with Crippen molar-refractivity contribution in [3.63, 3.8) is 0 Å². The first-order chi connectivity index (χ1) is 13.9. The molecule has 0 fully saturated rings. The largest absolute Gasteiger partial charge is 0.507 e. The van der Waals surface area contributed by atoms with Crippen molar-refractivity contribution in [3.05, 3.63) is 52.1 Å². The summed E-state index contributed by atoms with van der Waals surface area (Å²) in [6.07, 6.45) is 3.86. The van der Waals surface area contributed by atoms with Crippen LogP contribution in [0.25, 0.3) is 6.08 Å². The lowest BCUT2D eigenvalue weighted by Crippen LogP contribution is -2.32. The number of phenols is 1. The Morgan fingerprint density at radius 2 is 2.03 bits per heavy atom. The second kappa shape index (κ2) is 7.94. The molecule has 0 amide bonds. The molecule has 3 rings (SSSR count). The van der Waals surface area contributed by atoms with Crippen LogP contribution in [0, 0.1) is 0 Å². The van der Waals surface area contributed by atoms with Gasteiger partial charge in [0.2, 0.25) is 10.0 Å². The van der Waals surface area contributed by atoms with E-state index < -0.39 is 15.8 Å². The summed E-state index contributed by atoms with van der Waals surface area (Å²) in [4.78, 5) is 12.6. The lowest BCUT2D eigenvalue weighted by atomic mass is 9.91. The molecule has 0 unspecified atom stereocenters. The van der Waals surface area contributed by atoms with Crippen LogP contribution in [-0.2, 0) is 16.4 Å². The van der Waals surface area contributed by atoms with E-state index in [2.05, 4.69) is 0 Å². The molecule has 0 spiro atoms. The van der Waals surface area contributed by atoms with Crippen molar-refractivity contribution in [1.82, 2.24) is 0 Å². The number of ketones is 1. The van der Waals surface area contributed by atoms with Gasteiger partial charge in [-0.2, -0.15) is 0 Å². The van der Waals surface area contributed by atoms with Crippen molar-refractivity contribution < 1.29 is 27.8 Å². The number of primary sulfonamides is 1. The van der Waals surface area contributed by atoms with Gasteiger partial charge in [0.05, 0.1) is 12.1 Å². The number of aromatic hydroxyl groups is 1. The summed E-state index contributed by atoms with van der Waals surface area (Å²) in [7, 11) is -2.61. The van der Waals surface area contributed by atoms with Crippen molar-refractivity contribution in [2.75, 3.05) is 7.11 Å². The fraction of sp³-hybridized carbons (Fsp3) is 0.286. The number of methoxy groups -OCH3 is 1. The molecule has 1 aliphatic rings. The fourth-order valence-electron chi connectivity index (χ4n) is 3.27. The molecule has 2 aromatic carbocycles. The molecule has 0 saturated carbocycles. The molecule has 0 bridgehead atoms. The first-order valence-electron chi connectivity index (χ1n) is 9.09. The van der Waals surface area contributed by atoms with Crippen molar-refractivity contribution >= 4 is 33.5 Å². The molecule has 0 radical (unpaired) electrons. The number of phenolic OH excluding ortho intramolecular Hbond substituents is 1. The van der Waals surface area contributed by atoms with Gasteiger partial charge < -0.3 is 14.6 Å². The van der Waals surface area contributed by atoms with Gasteiger partial charge in [-0.25, -0.2) is 13.6 Å². The first-order valence-corrected chi connectivity index (χ1v) is 11.0. The summed E-state index contributed by atoms with van der Waals surface area (Å²) in [6, 6.07) is 5.78. The van der Waals surface area contributed by atoms with Gasteiger partial charge in [0, 0.05) is 11.6 Å². The summed E-state index contributed by atoms with van der Waals surface area (Å²) in [5, 5.41) is 15.9. The molecule has 0 saturated heterocycles. The number of sulfonamides is 1. The number of fused-ring (bicyclic) bond motifs is 1. The molecule has 3 N–H and O–H groups in total. The SMILES string of the molecule is COc1cc2c(c(O)c1C(=O)C=Cc1ccc(Cl)c(S(N)(=O)=O)c1)CCC(C)(C)O2. The number of hydrogen-bond donors (Lipinski definition) is 2. The number of ether oxygens (including phenoxy) is 2. The second-order valence-electron chi connectivity index (χ2n) is 7.57. The Hall–Kier alpha value is -2.55. The highest BCUT2D eigenvalue weighted by Crippen LogP contribution is 2.44. The third-order valence-electron chi connectivity index (χ3n) is 4.85. The predicted octanol–water partition coefficient (Wildman–Crippen LogP) is 3.70. The maximum absolute atomic E-state index is 12.8. The van der Waals surface area contributed by atoms with Crippen LogP contribution in [0.1, 0.15) is 41.8 Å². The summed E-state index contributed by atoms with van der Waals surface area (Å²) in [6.45, 7) is 3.90. The lowest BCUT2D eigenvalue weighted by molar-refractivity contribution is 0.0831. The van der Waals surface area contributed by atoms with Crippen molar-refractivity contribution in [1.29, 1.82) is 0 Å². The standard InChI is InChI=1S/C21H22ClNO6S/c1-21(2)9-8-13-16(29-21)11-17(28-3)19(20(13)25)15(24)7-5-12-4-6-14(22)18(10-12)30(23,26)27/h4-7,10-11,25H,8-9H2,1-3H3,(H2,23,26,27). The fourth-order valence-corrected chi connectivity index (χ4v) is 4.35. The van der Waals surface area contributed by atoms with E-state index in [9.17, 15) is 18.3 Å². The van der Waals surface area contributed by atoms with E-state index in [4.69, 9.17) is 26.2 Å². The molecule has 9 heteroatoms. The van der Waals surface area contributed by atoms with Crippen LogP contribution in [0.3, 0.4) is 0 Å². The normalized spacial score (nSPS) is 15.5. The van der Waals surface area contributed by atoms with Gasteiger partial charge in [-0.15, -0.1) is 0 Å². The number of nitrogens with two attached hydrogens (primary N) is 1. The summed E-state index contributed by atoms with van der Waals surface area (Å²) in [5.41, 5.74) is 0.579. The molecule has 0 atom stereocenters. The molecule has 0 aliphatic carbocycles. The number of hydrogen-bond acceptors (Lipinski definition) is 6. The molecular weight excluding hydrogens is 430 g/mol.